The van der Waals surface area contributed by atoms with Gasteiger partial charge in [0.05, 0.1) is 5.92 Å². The van der Waals surface area contributed by atoms with Crippen molar-refractivity contribution in [3.05, 3.63) is 47.6 Å². The Labute approximate surface area is 119 Å². The molecule has 0 bridgehead atoms. The fourth-order valence-corrected chi connectivity index (χ4v) is 2.73. The molecule has 1 fully saturated rings. The highest BCUT2D eigenvalue weighted by atomic mass is 16.5. The van der Waals surface area contributed by atoms with Crippen LogP contribution in [0.3, 0.4) is 0 Å². The lowest BCUT2D eigenvalue weighted by Gasteiger charge is -2.20. The van der Waals surface area contributed by atoms with Crippen molar-refractivity contribution in [2.75, 3.05) is 13.1 Å². The van der Waals surface area contributed by atoms with E-state index in [0.29, 0.717) is 5.92 Å². The highest BCUT2D eigenvalue weighted by Gasteiger charge is 2.30. The Morgan fingerprint density at radius 1 is 1.30 bits per heavy atom. The average molecular weight is 271 g/mol. The first-order valence-electron chi connectivity index (χ1n) is 7.24. The molecule has 20 heavy (non-hydrogen) atoms. The van der Waals surface area contributed by atoms with Crippen molar-refractivity contribution in [1.29, 1.82) is 0 Å². The molecule has 1 aliphatic heterocycles. The topological polar surface area (TPSA) is 51.0 Å². The maximum absolute atomic E-state index is 5.47. The van der Waals surface area contributed by atoms with E-state index in [4.69, 9.17) is 4.52 Å². The van der Waals surface area contributed by atoms with E-state index in [0.717, 1.165) is 37.6 Å². The Hall–Kier alpha value is -1.68. The van der Waals surface area contributed by atoms with Gasteiger partial charge in [-0.25, -0.2) is 0 Å². The zero-order chi connectivity index (χ0) is 14.0. The van der Waals surface area contributed by atoms with E-state index >= 15 is 0 Å². The fourth-order valence-electron chi connectivity index (χ4n) is 2.73. The number of benzene rings is 1. The lowest BCUT2D eigenvalue weighted by Crippen LogP contribution is -2.22. The molecule has 0 saturated carbocycles. The first kappa shape index (κ1) is 13.3. The van der Waals surface area contributed by atoms with Gasteiger partial charge in [0, 0.05) is 12.0 Å². The van der Waals surface area contributed by atoms with Crippen LogP contribution in [-0.4, -0.2) is 23.2 Å². The Balaban J connectivity index is 1.77. The van der Waals surface area contributed by atoms with Crippen LogP contribution in [-0.2, 0) is 11.8 Å². The highest BCUT2D eigenvalue weighted by molar-refractivity contribution is 5.20. The van der Waals surface area contributed by atoms with Crippen molar-refractivity contribution >= 4 is 0 Å². The van der Waals surface area contributed by atoms with Crippen LogP contribution in [0.2, 0.25) is 0 Å². The molecule has 106 valence electrons. The van der Waals surface area contributed by atoms with E-state index in [1.807, 2.05) is 6.07 Å². The third kappa shape index (κ3) is 2.75. The zero-order valence-electron chi connectivity index (χ0n) is 12.1. The maximum Gasteiger partial charge on any atom is 0.231 e. The van der Waals surface area contributed by atoms with Crippen LogP contribution in [0.5, 0.6) is 0 Å². The smallest absolute Gasteiger partial charge is 0.231 e. The van der Waals surface area contributed by atoms with Crippen LogP contribution >= 0.6 is 0 Å². The molecule has 0 amide bonds. The Kier molecular flexibility index (Phi) is 3.57. The molecule has 2 aromatic rings. The third-order valence-corrected chi connectivity index (χ3v) is 3.95. The summed E-state index contributed by atoms with van der Waals surface area (Å²) in [7, 11) is 0. The fraction of sp³-hybridized carbons (Fsp3) is 0.500. The van der Waals surface area contributed by atoms with Crippen LogP contribution in [0.1, 0.15) is 43.5 Å². The van der Waals surface area contributed by atoms with Gasteiger partial charge in [0.1, 0.15) is 0 Å². The molecule has 2 heterocycles. The van der Waals surface area contributed by atoms with Gasteiger partial charge in [-0.05, 0) is 24.9 Å². The largest absolute Gasteiger partial charge is 0.339 e. The van der Waals surface area contributed by atoms with Crippen molar-refractivity contribution in [2.24, 2.45) is 0 Å². The van der Waals surface area contributed by atoms with E-state index in [1.54, 1.807) is 0 Å². The van der Waals surface area contributed by atoms with Gasteiger partial charge in [0.25, 0.3) is 0 Å². The van der Waals surface area contributed by atoms with E-state index in [2.05, 4.69) is 53.6 Å². The van der Waals surface area contributed by atoms with Crippen molar-refractivity contribution in [2.45, 2.75) is 38.0 Å². The molecule has 1 aliphatic rings. The Morgan fingerprint density at radius 2 is 2.10 bits per heavy atom. The third-order valence-electron chi connectivity index (χ3n) is 3.95. The first-order chi connectivity index (χ1) is 9.65. The molecule has 1 saturated heterocycles. The Morgan fingerprint density at radius 3 is 2.80 bits per heavy atom. The van der Waals surface area contributed by atoms with Crippen molar-refractivity contribution in [3.63, 3.8) is 0 Å². The lowest BCUT2D eigenvalue weighted by atomic mass is 9.85. The predicted molar refractivity (Wildman–Crippen MR) is 77.7 cm³/mol. The normalized spacial score (nSPS) is 19.4. The maximum atomic E-state index is 5.47. The van der Waals surface area contributed by atoms with Gasteiger partial charge in [-0.2, -0.15) is 4.98 Å². The van der Waals surface area contributed by atoms with E-state index in [-0.39, 0.29) is 5.41 Å². The number of rotatable bonds is 4. The summed E-state index contributed by atoms with van der Waals surface area (Å²) in [6.07, 6.45) is 2.00. The number of hydrogen-bond acceptors (Lipinski definition) is 4. The molecular formula is C16H21N3O. The van der Waals surface area contributed by atoms with Crippen LogP contribution in [0, 0.1) is 0 Å². The first-order valence-corrected chi connectivity index (χ1v) is 7.24. The molecule has 3 rings (SSSR count). The summed E-state index contributed by atoms with van der Waals surface area (Å²) < 4.78 is 5.47. The molecule has 4 heteroatoms. The number of nitrogens with zero attached hydrogens (tertiary/aromatic N) is 2. The van der Waals surface area contributed by atoms with Crippen LogP contribution in [0.25, 0.3) is 0 Å². The summed E-state index contributed by atoms with van der Waals surface area (Å²) in [6.45, 7) is 6.32. The van der Waals surface area contributed by atoms with E-state index in [1.165, 1.54) is 5.56 Å². The molecule has 1 aromatic heterocycles. The average Bonchev–Trinajstić information content (AvgIpc) is 3.11. The highest BCUT2D eigenvalue weighted by Crippen LogP contribution is 2.28. The molecule has 0 aliphatic carbocycles. The van der Waals surface area contributed by atoms with Crippen molar-refractivity contribution in [1.82, 2.24) is 15.5 Å². The molecule has 0 spiro atoms. The summed E-state index contributed by atoms with van der Waals surface area (Å²) >= 11 is 0. The van der Waals surface area contributed by atoms with E-state index in [9.17, 15) is 0 Å². The number of hydrogen-bond donors (Lipinski definition) is 1. The molecule has 1 N–H and O–H groups in total. The van der Waals surface area contributed by atoms with Gasteiger partial charge in [0.15, 0.2) is 5.82 Å². The molecule has 4 nitrogen and oxygen atoms in total. The summed E-state index contributed by atoms with van der Waals surface area (Å²) in [6, 6.07) is 10.5. The minimum Gasteiger partial charge on any atom is -0.339 e. The van der Waals surface area contributed by atoms with Crippen molar-refractivity contribution < 1.29 is 4.52 Å². The summed E-state index contributed by atoms with van der Waals surface area (Å²) in [5.74, 6) is 1.97. The zero-order valence-corrected chi connectivity index (χ0v) is 12.1. The van der Waals surface area contributed by atoms with Crippen LogP contribution in [0.4, 0.5) is 0 Å². The minimum absolute atomic E-state index is 0.116. The standard InChI is InChI=1S/C16H21N3O/c1-16(2,10-12-6-4-3-5-7-12)15-18-14(20-19-15)13-8-9-17-11-13/h3-7,13,17H,8-11H2,1-2H3/t13-/m0/s1. The van der Waals surface area contributed by atoms with Gasteiger partial charge in [-0.1, -0.05) is 49.3 Å². The molecular weight excluding hydrogens is 250 g/mol. The van der Waals surface area contributed by atoms with Gasteiger partial charge < -0.3 is 9.84 Å². The number of aromatic nitrogens is 2. The van der Waals surface area contributed by atoms with Gasteiger partial charge >= 0.3 is 0 Å². The Bertz CT molecular complexity index is 556. The monoisotopic (exact) mass is 271 g/mol. The van der Waals surface area contributed by atoms with Crippen LogP contribution < -0.4 is 5.32 Å². The van der Waals surface area contributed by atoms with Crippen molar-refractivity contribution in [3.8, 4) is 0 Å². The summed E-state index contributed by atoms with van der Waals surface area (Å²) in [4.78, 5) is 4.64. The van der Waals surface area contributed by atoms with Gasteiger partial charge in [0.2, 0.25) is 5.89 Å². The van der Waals surface area contributed by atoms with Gasteiger partial charge in [-0.15, -0.1) is 0 Å². The summed E-state index contributed by atoms with van der Waals surface area (Å²) in [5, 5.41) is 7.55. The molecule has 1 atom stereocenters. The predicted octanol–water partition coefficient (Wildman–Crippen LogP) is 2.67. The van der Waals surface area contributed by atoms with Crippen LogP contribution in [0.15, 0.2) is 34.9 Å². The lowest BCUT2D eigenvalue weighted by molar-refractivity contribution is 0.344. The second kappa shape index (κ2) is 5.37. The van der Waals surface area contributed by atoms with Gasteiger partial charge in [-0.3, -0.25) is 0 Å². The molecule has 1 aromatic carbocycles. The SMILES string of the molecule is CC(C)(Cc1ccccc1)c1noc([C@H]2CCNC2)n1. The van der Waals surface area contributed by atoms with E-state index < -0.39 is 0 Å². The second-order valence-electron chi connectivity index (χ2n) is 6.19. The quantitative estimate of drug-likeness (QED) is 0.929. The molecule has 0 radical (unpaired) electrons. The molecule has 0 unspecified atom stereocenters. The second-order valence-corrected chi connectivity index (χ2v) is 6.19. The number of nitrogens with one attached hydrogen (secondary N) is 1. The minimum atomic E-state index is -0.116. The summed E-state index contributed by atoms with van der Waals surface area (Å²) in [5.41, 5.74) is 1.18.